The lowest BCUT2D eigenvalue weighted by atomic mass is 9.95. The summed E-state index contributed by atoms with van der Waals surface area (Å²) in [6, 6.07) is 15.2. The number of rotatable bonds is 2. The van der Waals surface area contributed by atoms with Gasteiger partial charge in [0.05, 0.1) is 0 Å². The second-order valence-electron chi connectivity index (χ2n) is 4.61. The second-order valence-corrected chi connectivity index (χ2v) is 4.61. The molecular formula is C18H16. The van der Waals surface area contributed by atoms with E-state index in [1.165, 1.54) is 33.4 Å². The molecule has 2 aromatic rings. The first-order valence-corrected chi connectivity index (χ1v) is 6.34. The highest BCUT2D eigenvalue weighted by Gasteiger charge is 2.20. The summed E-state index contributed by atoms with van der Waals surface area (Å²) in [5.74, 6) is 0. The third-order valence-electron chi connectivity index (χ3n) is 3.69. The molecule has 0 saturated heterocycles. The molecule has 0 amide bonds. The minimum absolute atomic E-state index is 1.03. The minimum Gasteiger partial charge on any atom is -0.0985 e. The number of hydrogen-bond donors (Lipinski definition) is 0. The van der Waals surface area contributed by atoms with E-state index in [0.717, 1.165) is 6.42 Å². The molecule has 1 aliphatic rings. The summed E-state index contributed by atoms with van der Waals surface area (Å²) >= 11 is 0. The van der Waals surface area contributed by atoms with Crippen molar-refractivity contribution in [1.82, 2.24) is 0 Å². The minimum atomic E-state index is 1.03. The summed E-state index contributed by atoms with van der Waals surface area (Å²) in [6.07, 6.45) is 5.11. The van der Waals surface area contributed by atoms with Gasteiger partial charge in [0.2, 0.25) is 0 Å². The van der Waals surface area contributed by atoms with Crippen molar-refractivity contribution in [3.05, 3.63) is 77.9 Å². The summed E-state index contributed by atoms with van der Waals surface area (Å²) in [6.45, 7) is 5.98. The molecule has 1 aliphatic carbocycles. The molecule has 0 spiro atoms. The normalized spacial score (nSPS) is 13.1. The van der Waals surface area contributed by atoms with Crippen molar-refractivity contribution in [2.75, 3.05) is 0 Å². The van der Waals surface area contributed by atoms with E-state index in [9.17, 15) is 0 Å². The molecule has 0 unspecified atom stereocenters. The van der Waals surface area contributed by atoms with Gasteiger partial charge in [0.25, 0.3) is 0 Å². The third-order valence-corrected chi connectivity index (χ3v) is 3.69. The molecule has 0 nitrogen and oxygen atoms in total. The van der Waals surface area contributed by atoms with E-state index in [4.69, 9.17) is 0 Å². The van der Waals surface area contributed by atoms with Gasteiger partial charge in [-0.1, -0.05) is 61.2 Å². The highest BCUT2D eigenvalue weighted by Crippen LogP contribution is 2.39. The maximum absolute atomic E-state index is 3.91. The number of benzene rings is 2. The van der Waals surface area contributed by atoms with Crippen molar-refractivity contribution in [3.63, 3.8) is 0 Å². The zero-order valence-corrected chi connectivity index (χ0v) is 10.6. The first-order valence-electron chi connectivity index (χ1n) is 6.34. The Morgan fingerprint density at radius 1 is 1.06 bits per heavy atom. The van der Waals surface area contributed by atoms with Crippen molar-refractivity contribution in [2.45, 2.75) is 13.3 Å². The lowest BCUT2D eigenvalue weighted by molar-refractivity contribution is 1.25. The van der Waals surface area contributed by atoms with Gasteiger partial charge in [-0.05, 0) is 46.7 Å². The molecule has 88 valence electrons. The molecule has 0 aliphatic heterocycles. The zero-order chi connectivity index (χ0) is 12.5. The average molecular weight is 232 g/mol. The molecular weight excluding hydrogens is 216 g/mol. The predicted octanol–water partition coefficient (Wildman–Crippen LogP) is 4.85. The molecule has 0 bridgehead atoms. The van der Waals surface area contributed by atoms with Crippen LogP contribution in [0.25, 0.3) is 16.7 Å². The Morgan fingerprint density at radius 3 is 2.61 bits per heavy atom. The topological polar surface area (TPSA) is 0 Å². The van der Waals surface area contributed by atoms with Crippen molar-refractivity contribution in [1.29, 1.82) is 0 Å². The number of hydrogen-bond acceptors (Lipinski definition) is 0. The highest BCUT2D eigenvalue weighted by atomic mass is 14.2. The monoisotopic (exact) mass is 232 g/mol. The maximum Gasteiger partial charge on any atom is -0.000729 e. The van der Waals surface area contributed by atoms with E-state index in [-0.39, 0.29) is 0 Å². The fraction of sp³-hybridized carbons (Fsp3) is 0.111. The highest BCUT2D eigenvalue weighted by molar-refractivity contribution is 5.85. The van der Waals surface area contributed by atoms with Crippen LogP contribution in [0, 0.1) is 0 Å². The van der Waals surface area contributed by atoms with E-state index in [0.29, 0.717) is 0 Å². The van der Waals surface area contributed by atoms with E-state index in [2.05, 4.69) is 62.0 Å². The average Bonchev–Trinajstić information content (AvgIpc) is 2.80. The number of fused-ring (bicyclic) bond motifs is 3. The van der Waals surface area contributed by atoms with Crippen LogP contribution in [0.4, 0.5) is 0 Å². The molecule has 0 saturated carbocycles. The Kier molecular flexibility index (Phi) is 2.64. The van der Waals surface area contributed by atoms with Crippen molar-refractivity contribution < 1.29 is 0 Å². The molecule has 0 heteroatoms. The standard InChI is InChI=1S/C18H16/c1-3-13(4-2)15-10-7-11-17-16-9-6-5-8-14(16)12-18(15)17/h3-11H,1,12H2,2H3. The molecule has 0 aromatic heterocycles. The van der Waals surface area contributed by atoms with Gasteiger partial charge in [-0.25, -0.2) is 0 Å². The van der Waals surface area contributed by atoms with Crippen LogP contribution in [-0.4, -0.2) is 0 Å². The van der Waals surface area contributed by atoms with Gasteiger partial charge < -0.3 is 0 Å². The van der Waals surface area contributed by atoms with Gasteiger partial charge >= 0.3 is 0 Å². The zero-order valence-electron chi connectivity index (χ0n) is 10.6. The lowest BCUT2D eigenvalue weighted by Crippen LogP contribution is -1.90. The molecule has 0 N–H and O–H groups in total. The van der Waals surface area contributed by atoms with Crippen LogP contribution in [0.2, 0.25) is 0 Å². The van der Waals surface area contributed by atoms with Crippen molar-refractivity contribution in [2.24, 2.45) is 0 Å². The van der Waals surface area contributed by atoms with Gasteiger partial charge in [0, 0.05) is 0 Å². The van der Waals surface area contributed by atoms with Crippen LogP contribution in [0.15, 0.2) is 61.2 Å². The Balaban J connectivity index is 2.23. The summed E-state index contributed by atoms with van der Waals surface area (Å²) in [5.41, 5.74) is 8.17. The molecule has 0 atom stereocenters. The first-order chi connectivity index (χ1) is 8.85. The van der Waals surface area contributed by atoms with Crippen molar-refractivity contribution in [3.8, 4) is 11.1 Å². The Morgan fingerprint density at radius 2 is 1.83 bits per heavy atom. The van der Waals surface area contributed by atoms with Gasteiger partial charge in [-0.15, -0.1) is 0 Å². The van der Waals surface area contributed by atoms with Gasteiger partial charge in [0.15, 0.2) is 0 Å². The van der Waals surface area contributed by atoms with Gasteiger partial charge in [0.1, 0.15) is 0 Å². The Labute approximate surface area is 108 Å². The van der Waals surface area contributed by atoms with E-state index in [1.807, 2.05) is 6.08 Å². The smallest absolute Gasteiger partial charge is 0.000729 e. The molecule has 3 rings (SSSR count). The molecule has 2 aromatic carbocycles. The molecule has 0 radical (unpaired) electrons. The SMILES string of the molecule is C=CC(=CC)c1cccc2c1Cc1ccccc1-2. The van der Waals surface area contributed by atoms with E-state index in [1.54, 1.807) is 0 Å². The van der Waals surface area contributed by atoms with Crippen LogP contribution in [0.1, 0.15) is 23.6 Å². The largest absolute Gasteiger partial charge is 0.0985 e. The first kappa shape index (κ1) is 11.0. The van der Waals surface area contributed by atoms with Crippen molar-refractivity contribution >= 4 is 5.57 Å². The molecule has 0 heterocycles. The predicted molar refractivity (Wildman–Crippen MR) is 78.5 cm³/mol. The van der Waals surface area contributed by atoms with Crippen LogP contribution in [-0.2, 0) is 6.42 Å². The quantitative estimate of drug-likeness (QED) is 0.554. The van der Waals surface area contributed by atoms with Gasteiger partial charge in [-0.3, -0.25) is 0 Å². The Bertz CT molecular complexity index is 645. The summed E-state index contributed by atoms with van der Waals surface area (Å²) < 4.78 is 0. The lowest BCUT2D eigenvalue weighted by Gasteiger charge is -2.09. The van der Waals surface area contributed by atoms with E-state index >= 15 is 0 Å². The fourth-order valence-corrected chi connectivity index (χ4v) is 2.81. The van der Waals surface area contributed by atoms with Crippen LogP contribution in [0.3, 0.4) is 0 Å². The summed E-state index contributed by atoms with van der Waals surface area (Å²) in [4.78, 5) is 0. The van der Waals surface area contributed by atoms with E-state index < -0.39 is 0 Å². The van der Waals surface area contributed by atoms with Crippen LogP contribution in [0.5, 0.6) is 0 Å². The second kappa shape index (κ2) is 4.30. The summed E-state index contributed by atoms with van der Waals surface area (Å²) in [7, 11) is 0. The fourth-order valence-electron chi connectivity index (χ4n) is 2.81. The third kappa shape index (κ3) is 1.53. The maximum atomic E-state index is 3.91. The number of allylic oxidation sites excluding steroid dienone is 3. The summed E-state index contributed by atoms with van der Waals surface area (Å²) in [5, 5.41) is 0. The molecule has 0 fully saturated rings. The Hall–Kier alpha value is -2.08. The molecule has 18 heavy (non-hydrogen) atoms. The van der Waals surface area contributed by atoms with Crippen LogP contribution >= 0.6 is 0 Å². The van der Waals surface area contributed by atoms with Crippen LogP contribution < -0.4 is 0 Å². The van der Waals surface area contributed by atoms with Gasteiger partial charge in [-0.2, -0.15) is 0 Å².